The van der Waals surface area contributed by atoms with Crippen molar-refractivity contribution in [3.63, 3.8) is 0 Å². The number of aromatic nitrogens is 2. The van der Waals surface area contributed by atoms with Gasteiger partial charge in [-0.1, -0.05) is 18.3 Å². The maximum atomic E-state index is 13.0. The number of anilines is 1. The summed E-state index contributed by atoms with van der Waals surface area (Å²) in [5.41, 5.74) is 1.60. The van der Waals surface area contributed by atoms with Crippen LogP contribution in [0.1, 0.15) is 12.6 Å². The number of carboxylic acids is 1. The molecule has 0 spiro atoms. The molecule has 0 amide bonds. The fraction of sp³-hybridized carbons (Fsp3) is 0.500. The second-order valence-electron chi connectivity index (χ2n) is 5.32. The van der Waals surface area contributed by atoms with Gasteiger partial charge in [-0.2, -0.15) is 0 Å². The normalized spacial score (nSPS) is 15.3. The predicted molar refractivity (Wildman–Crippen MR) is 93.7 cm³/mol. The Kier molecular flexibility index (Phi) is 4.69. The van der Waals surface area contributed by atoms with E-state index in [-0.39, 0.29) is 12.0 Å². The van der Waals surface area contributed by atoms with E-state index < -0.39 is 5.97 Å². The molecule has 1 aliphatic heterocycles. The van der Waals surface area contributed by atoms with Crippen molar-refractivity contribution < 1.29 is 9.90 Å². The van der Waals surface area contributed by atoms with Gasteiger partial charge in [0.1, 0.15) is 22.6 Å². The smallest absolute Gasteiger partial charge is 0.323 e. The first kappa shape index (κ1) is 16.4. The molecule has 9 heteroatoms. The lowest BCUT2D eigenvalue weighted by molar-refractivity contribution is -0.137. The Labute approximate surface area is 145 Å². The van der Waals surface area contributed by atoms with E-state index >= 15 is 0 Å². The maximum absolute atomic E-state index is 13.0. The third kappa shape index (κ3) is 3.00. The van der Waals surface area contributed by atoms with E-state index in [2.05, 4.69) is 26.2 Å². The van der Waals surface area contributed by atoms with Crippen LogP contribution < -0.4 is 15.6 Å². The molecule has 0 atom stereocenters. The van der Waals surface area contributed by atoms with Crippen LogP contribution in [0.4, 0.5) is 5.69 Å². The van der Waals surface area contributed by atoms with E-state index in [1.165, 1.54) is 11.3 Å². The molecule has 0 bridgehead atoms. The Bertz CT molecular complexity index is 810. The maximum Gasteiger partial charge on any atom is 0.323 e. The number of hydrogen-bond acceptors (Lipinski definition) is 6. The number of hydrogen-bond donors (Lipinski definition) is 2. The van der Waals surface area contributed by atoms with Crippen molar-refractivity contribution in [2.24, 2.45) is 0 Å². The summed E-state index contributed by atoms with van der Waals surface area (Å²) in [6.45, 7) is 4.84. The van der Waals surface area contributed by atoms with Gasteiger partial charge in [0.2, 0.25) is 5.43 Å². The average molecular weight is 401 g/mol. The minimum Gasteiger partial charge on any atom is -0.480 e. The second kappa shape index (κ2) is 6.58. The number of pyridine rings is 1. The van der Waals surface area contributed by atoms with Crippen LogP contribution in [-0.4, -0.2) is 46.8 Å². The van der Waals surface area contributed by atoms with Gasteiger partial charge in [0.05, 0.1) is 0 Å². The highest BCUT2D eigenvalue weighted by atomic mass is 79.9. The number of halogens is 1. The Balaban J connectivity index is 2.30. The molecule has 1 aliphatic rings. The Hall–Kier alpha value is -1.45. The summed E-state index contributed by atoms with van der Waals surface area (Å²) in [4.78, 5) is 31.2. The van der Waals surface area contributed by atoms with E-state index in [9.17, 15) is 14.7 Å². The zero-order valence-electron chi connectivity index (χ0n) is 12.6. The predicted octanol–water partition coefficient (Wildman–Crippen LogP) is 1.28. The van der Waals surface area contributed by atoms with Crippen LogP contribution in [-0.2, 0) is 17.8 Å². The van der Waals surface area contributed by atoms with Gasteiger partial charge in [-0.15, -0.1) is 0 Å². The molecular weight excluding hydrogens is 384 g/mol. The van der Waals surface area contributed by atoms with Crippen LogP contribution in [0.25, 0.3) is 10.3 Å². The molecule has 23 heavy (non-hydrogen) atoms. The molecule has 0 aliphatic carbocycles. The number of fused-ring (bicyclic) bond motifs is 1. The lowest BCUT2D eigenvalue weighted by Gasteiger charge is -2.31. The summed E-state index contributed by atoms with van der Waals surface area (Å²) in [7, 11) is 0. The number of nitrogens with one attached hydrogen (secondary N) is 1. The van der Waals surface area contributed by atoms with E-state index in [0.717, 1.165) is 31.9 Å². The van der Waals surface area contributed by atoms with Crippen molar-refractivity contribution in [2.75, 3.05) is 31.1 Å². The van der Waals surface area contributed by atoms with E-state index in [0.29, 0.717) is 26.4 Å². The molecule has 2 N–H and O–H groups in total. The topological polar surface area (TPSA) is 87.5 Å². The number of carboxylic acid groups (broad SMARTS) is 1. The molecule has 0 saturated carbocycles. The highest BCUT2D eigenvalue weighted by molar-refractivity contribution is 9.11. The van der Waals surface area contributed by atoms with Gasteiger partial charge in [-0.25, -0.2) is 4.98 Å². The van der Waals surface area contributed by atoms with Crippen molar-refractivity contribution in [1.82, 2.24) is 14.9 Å². The van der Waals surface area contributed by atoms with Crippen LogP contribution in [0, 0.1) is 0 Å². The number of carbonyl (C=O) groups is 1. The molecule has 1 saturated heterocycles. The zero-order valence-corrected chi connectivity index (χ0v) is 15.0. The van der Waals surface area contributed by atoms with Crippen LogP contribution in [0.15, 0.2) is 8.71 Å². The molecule has 124 valence electrons. The standard InChI is InChI=1S/C14H17BrN4O3S/c1-2-8-11(18-5-3-16-4-6-18)12(22)10-13(23-14(15)17-10)19(8)7-9(20)21/h16H,2-7H2,1H3,(H,20,21). The second-order valence-corrected chi connectivity index (χ2v) is 7.57. The molecule has 1 fully saturated rings. The minimum atomic E-state index is -0.930. The van der Waals surface area contributed by atoms with Crippen LogP contribution in [0.2, 0.25) is 0 Å². The van der Waals surface area contributed by atoms with Crippen molar-refractivity contribution in [3.05, 3.63) is 19.8 Å². The summed E-state index contributed by atoms with van der Waals surface area (Å²) >= 11 is 4.60. The first-order valence-corrected chi connectivity index (χ1v) is 9.03. The van der Waals surface area contributed by atoms with Gasteiger partial charge >= 0.3 is 5.97 Å². The highest BCUT2D eigenvalue weighted by Gasteiger charge is 2.25. The van der Waals surface area contributed by atoms with Gasteiger partial charge in [-0.05, 0) is 22.4 Å². The fourth-order valence-corrected chi connectivity index (χ4v) is 4.44. The first-order chi connectivity index (χ1) is 11.0. The summed E-state index contributed by atoms with van der Waals surface area (Å²) < 4.78 is 2.31. The van der Waals surface area contributed by atoms with Crippen molar-refractivity contribution in [1.29, 1.82) is 0 Å². The van der Waals surface area contributed by atoms with Crippen molar-refractivity contribution in [3.8, 4) is 0 Å². The molecule has 2 aromatic rings. The monoisotopic (exact) mass is 400 g/mol. The van der Waals surface area contributed by atoms with Crippen LogP contribution >= 0.6 is 27.3 Å². The highest BCUT2D eigenvalue weighted by Crippen LogP contribution is 2.29. The van der Waals surface area contributed by atoms with Crippen molar-refractivity contribution >= 4 is 49.3 Å². The average Bonchev–Trinajstić information content (AvgIpc) is 2.92. The zero-order chi connectivity index (χ0) is 16.6. The molecule has 3 rings (SSSR count). The lowest BCUT2D eigenvalue weighted by atomic mass is 10.1. The molecule has 2 aromatic heterocycles. The van der Waals surface area contributed by atoms with E-state index in [1.807, 2.05) is 11.8 Å². The SMILES string of the molecule is CCc1c(N2CCNCC2)c(=O)c2nc(Br)sc2n1CC(=O)O. The Morgan fingerprint density at radius 2 is 2.13 bits per heavy atom. The molecule has 7 nitrogen and oxygen atoms in total. The molecule has 0 radical (unpaired) electrons. The van der Waals surface area contributed by atoms with Gasteiger partial charge in [0, 0.05) is 31.9 Å². The summed E-state index contributed by atoms with van der Waals surface area (Å²) in [6, 6.07) is 0. The third-order valence-electron chi connectivity index (χ3n) is 3.92. The van der Waals surface area contributed by atoms with Gasteiger partial charge in [-0.3, -0.25) is 9.59 Å². The molecular formula is C14H17BrN4O3S. The van der Waals surface area contributed by atoms with Crippen LogP contribution in [0.5, 0.6) is 0 Å². The number of nitrogens with zero attached hydrogens (tertiary/aromatic N) is 3. The number of piperazine rings is 1. The minimum absolute atomic E-state index is 0.109. The van der Waals surface area contributed by atoms with Gasteiger partial charge in [0.15, 0.2) is 3.92 Å². The molecule has 0 unspecified atom stereocenters. The van der Waals surface area contributed by atoms with E-state index in [4.69, 9.17) is 0 Å². The third-order valence-corrected chi connectivity index (χ3v) is 5.45. The number of thiazole rings is 1. The first-order valence-electron chi connectivity index (χ1n) is 7.42. The largest absolute Gasteiger partial charge is 0.480 e. The fourth-order valence-electron chi connectivity index (χ4n) is 2.99. The Morgan fingerprint density at radius 1 is 1.43 bits per heavy atom. The van der Waals surface area contributed by atoms with Gasteiger partial charge in [0.25, 0.3) is 0 Å². The molecule has 0 aromatic carbocycles. The van der Waals surface area contributed by atoms with Crippen LogP contribution in [0.3, 0.4) is 0 Å². The van der Waals surface area contributed by atoms with Crippen molar-refractivity contribution in [2.45, 2.75) is 19.9 Å². The van der Waals surface area contributed by atoms with Gasteiger partial charge < -0.3 is 19.9 Å². The summed E-state index contributed by atoms with van der Waals surface area (Å²) in [6.07, 6.45) is 0.591. The number of aliphatic carboxylic acids is 1. The summed E-state index contributed by atoms with van der Waals surface area (Å²) in [5, 5.41) is 12.5. The van der Waals surface area contributed by atoms with E-state index in [1.54, 1.807) is 4.57 Å². The summed E-state index contributed by atoms with van der Waals surface area (Å²) in [5.74, 6) is -0.930. The lowest BCUT2D eigenvalue weighted by Crippen LogP contribution is -2.46. The Morgan fingerprint density at radius 3 is 2.74 bits per heavy atom. The molecule has 3 heterocycles. The number of rotatable bonds is 4. The quantitative estimate of drug-likeness (QED) is 0.803.